The van der Waals surface area contributed by atoms with Crippen LogP contribution in [0.15, 0.2) is 24.3 Å². The number of urea groups is 1. The van der Waals surface area contributed by atoms with Crippen LogP contribution in [0.1, 0.15) is 50.1 Å². The Bertz CT molecular complexity index is 530. The topological polar surface area (TPSA) is 61.4 Å². The number of carbonyl (C=O) groups excluding carboxylic acids is 1. The van der Waals surface area contributed by atoms with Crippen molar-refractivity contribution in [2.75, 3.05) is 6.61 Å². The second-order valence-electron chi connectivity index (χ2n) is 6.82. The third-order valence-electron chi connectivity index (χ3n) is 5.07. The van der Waals surface area contributed by atoms with E-state index in [4.69, 9.17) is 0 Å². The Kier molecular flexibility index (Phi) is 5.16. The van der Waals surface area contributed by atoms with Gasteiger partial charge in [0, 0.05) is 18.6 Å². The molecule has 2 aliphatic rings. The standard InChI is InChI=1S/C18H25FN2O2/c19-15-9-7-13(8-10-15)17(12-5-6-12)21-18(23)20-16-4-2-1-3-14(16)11-22/h7-10,12,14,16-17,22H,1-6,11H2,(H2,20,21,23). The number of benzene rings is 1. The SMILES string of the molecule is O=C(NC1CCCCC1CO)NC(c1ccc(F)cc1)C1CC1. The van der Waals surface area contributed by atoms with E-state index in [0.717, 1.165) is 44.1 Å². The van der Waals surface area contributed by atoms with Gasteiger partial charge in [0.2, 0.25) is 0 Å². The van der Waals surface area contributed by atoms with Crippen molar-refractivity contribution in [1.82, 2.24) is 10.6 Å². The molecule has 4 nitrogen and oxygen atoms in total. The zero-order valence-corrected chi connectivity index (χ0v) is 13.3. The Labute approximate surface area is 136 Å². The highest BCUT2D eigenvalue weighted by molar-refractivity contribution is 5.75. The van der Waals surface area contributed by atoms with Gasteiger partial charge in [-0.05, 0) is 49.3 Å². The van der Waals surface area contributed by atoms with Crippen LogP contribution >= 0.6 is 0 Å². The van der Waals surface area contributed by atoms with Gasteiger partial charge in [0.1, 0.15) is 5.82 Å². The molecular weight excluding hydrogens is 295 g/mol. The molecule has 1 aromatic rings. The maximum atomic E-state index is 13.1. The van der Waals surface area contributed by atoms with Crippen LogP contribution in [0.25, 0.3) is 0 Å². The van der Waals surface area contributed by atoms with Crippen LogP contribution in [0.4, 0.5) is 9.18 Å². The van der Waals surface area contributed by atoms with E-state index in [1.807, 2.05) is 0 Å². The Morgan fingerprint density at radius 2 is 1.87 bits per heavy atom. The lowest BCUT2D eigenvalue weighted by molar-refractivity contribution is 0.153. The quantitative estimate of drug-likeness (QED) is 0.780. The van der Waals surface area contributed by atoms with E-state index < -0.39 is 0 Å². The molecule has 2 fully saturated rings. The molecule has 5 heteroatoms. The van der Waals surface area contributed by atoms with Crippen molar-refractivity contribution in [3.8, 4) is 0 Å². The number of nitrogens with one attached hydrogen (secondary N) is 2. The normalized spacial score (nSPS) is 25.7. The number of aliphatic hydroxyl groups is 1. The first-order chi connectivity index (χ1) is 11.2. The zero-order valence-electron chi connectivity index (χ0n) is 13.3. The lowest BCUT2D eigenvalue weighted by Crippen LogP contribution is -2.48. The molecule has 0 aliphatic heterocycles. The molecule has 0 radical (unpaired) electrons. The summed E-state index contributed by atoms with van der Waals surface area (Å²) in [5.74, 6) is 0.326. The van der Waals surface area contributed by atoms with Crippen molar-refractivity contribution in [1.29, 1.82) is 0 Å². The third-order valence-corrected chi connectivity index (χ3v) is 5.07. The van der Waals surface area contributed by atoms with Gasteiger partial charge in [-0.3, -0.25) is 0 Å². The monoisotopic (exact) mass is 320 g/mol. The zero-order chi connectivity index (χ0) is 16.2. The van der Waals surface area contributed by atoms with E-state index in [1.54, 1.807) is 12.1 Å². The fourth-order valence-electron chi connectivity index (χ4n) is 3.54. The van der Waals surface area contributed by atoms with Crippen LogP contribution < -0.4 is 10.6 Å². The van der Waals surface area contributed by atoms with Crippen molar-refractivity contribution in [3.63, 3.8) is 0 Å². The first-order valence-electron chi connectivity index (χ1n) is 8.60. The highest BCUT2D eigenvalue weighted by Gasteiger charge is 2.34. The molecule has 3 rings (SSSR count). The largest absolute Gasteiger partial charge is 0.396 e. The Balaban J connectivity index is 1.61. The molecule has 3 unspecified atom stereocenters. The molecule has 1 aromatic carbocycles. The van der Waals surface area contributed by atoms with Gasteiger partial charge < -0.3 is 15.7 Å². The second kappa shape index (κ2) is 7.30. The molecule has 126 valence electrons. The van der Waals surface area contributed by atoms with E-state index in [0.29, 0.717) is 5.92 Å². The Morgan fingerprint density at radius 1 is 1.17 bits per heavy atom. The van der Waals surface area contributed by atoms with Crippen molar-refractivity contribution >= 4 is 6.03 Å². The molecule has 2 amide bonds. The van der Waals surface area contributed by atoms with Crippen LogP contribution in [0.3, 0.4) is 0 Å². The van der Waals surface area contributed by atoms with E-state index in [-0.39, 0.29) is 36.5 Å². The van der Waals surface area contributed by atoms with Crippen molar-refractivity contribution in [3.05, 3.63) is 35.6 Å². The maximum Gasteiger partial charge on any atom is 0.315 e. The van der Waals surface area contributed by atoms with Crippen LogP contribution in [0, 0.1) is 17.7 Å². The van der Waals surface area contributed by atoms with E-state index in [9.17, 15) is 14.3 Å². The summed E-state index contributed by atoms with van der Waals surface area (Å²) in [6, 6.07) is 6.16. The minimum Gasteiger partial charge on any atom is -0.396 e. The summed E-state index contributed by atoms with van der Waals surface area (Å²) in [4.78, 5) is 12.4. The predicted molar refractivity (Wildman–Crippen MR) is 86.4 cm³/mol. The molecule has 0 heterocycles. The summed E-state index contributed by atoms with van der Waals surface area (Å²) in [5, 5.41) is 15.5. The van der Waals surface area contributed by atoms with E-state index >= 15 is 0 Å². The van der Waals surface area contributed by atoms with Crippen molar-refractivity contribution in [2.45, 2.75) is 50.6 Å². The smallest absolute Gasteiger partial charge is 0.315 e. The average Bonchev–Trinajstić information content (AvgIpc) is 3.39. The lowest BCUT2D eigenvalue weighted by Gasteiger charge is -2.31. The molecule has 0 bridgehead atoms. The molecule has 0 aromatic heterocycles. The summed E-state index contributed by atoms with van der Waals surface area (Å²) < 4.78 is 13.1. The molecule has 3 N–H and O–H groups in total. The highest BCUT2D eigenvalue weighted by atomic mass is 19.1. The number of amides is 2. The van der Waals surface area contributed by atoms with Gasteiger partial charge >= 0.3 is 6.03 Å². The van der Waals surface area contributed by atoms with Gasteiger partial charge in [0.25, 0.3) is 0 Å². The van der Waals surface area contributed by atoms with E-state index in [2.05, 4.69) is 10.6 Å². The first-order valence-corrected chi connectivity index (χ1v) is 8.60. The van der Waals surface area contributed by atoms with Crippen LogP contribution in [0.5, 0.6) is 0 Å². The summed E-state index contributed by atoms with van der Waals surface area (Å²) in [7, 11) is 0. The molecule has 0 saturated heterocycles. The van der Waals surface area contributed by atoms with Crippen LogP contribution in [-0.4, -0.2) is 23.8 Å². The molecule has 2 saturated carbocycles. The number of aliphatic hydroxyl groups excluding tert-OH is 1. The molecule has 3 atom stereocenters. The van der Waals surface area contributed by atoms with Gasteiger partial charge in [0.05, 0.1) is 6.04 Å². The fourth-order valence-corrected chi connectivity index (χ4v) is 3.54. The summed E-state index contributed by atoms with van der Waals surface area (Å²) >= 11 is 0. The second-order valence-corrected chi connectivity index (χ2v) is 6.82. The number of halogens is 1. The number of hydrogen-bond donors (Lipinski definition) is 3. The first kappa shape index (κ1) is 16.2. The minimum absolute atomic E-state index is 0.0434. The Hall–Kier alpha value is -1.62. The molecule has 0 spiro atoms. The maximum absolute atomic E-state index is 13.1. The molecule has 23 heavy (non-hydrogen) atoms. The molecular formula is C18H25FN2O2. The highest BCUT2D eigenvalue weighted by Crippen LogP contribution is 2.41. The Morgan fingerprint density at radius 3 is 2.52 bits per heavy atom. The van der Waals surface area contributed by atoms with Gasteiger partial charge in [0.15, 0.2) is 0 Å². The van der Waals surface area contributed by atoms with Gasteiger partial charge in [-0.15, -0.1) is 0 Å². The van der Waals surface area contributed by atoms with Crippen LogP contribution in [0.2, 0.25) is 0 Å². The predicted octanol–water partition coefficient (Wildman–Crippen LogP) is 3.13. The van der Waals surface area contributed by atoms with Gasteiger partial charge in [-0.25, -0.2) is 9.18 Å². The summed E-state index contributed by atoms with van der Waals surface area (Å²) in [6.45, 7) is 0.120. The minimum atomic E-state index is -0.263. The van der Waals surface area contributed by atoms with Crippen molar-refractivity contribution in [2.24, 2.45) is 11.8 Å². The lowest BCUT2D eigenvalue weighted by atomic mass is 9.85. The third kappa shape index (κ3) is 4.22. The number of carbonyl (C=O) groups is 1. The van der Waals surface area contributed by atoms with Crippen LogP contribution in [-0.2, 0) is 0 Å². The van der Waals surface area contributed by atoms with Gasteiger partial charge in [-0.1, -0.05) is 25.0 Å². The molecule has 2 aliphatic carbocycles. The van der Waals surface area contributed by atoms with E-state index in [1.165, 1.54) is 12.1 Å². The number of rotatable bonds is 5. The average molecular weight is 320 g/mol. The fraction of sp³-hybridized carbons (Fsp3) is 0.611. The van der Waals surface area contributed by atoms with Crippen molar-refractivity contribution < 1.29 is 14.3 Å². The van der Waals surface area contributed by atoms with Gasteiger partial charge in [-0.2, -0.15) is 0 Å². The summed E-state index contributed by atoms with van der Waals surface area (Å²) in [5.41, 5.74) is 0.950. The summed E-state index contributed by atoms with van der Waals surface area (Å²) in [6.07, 6.45) is 6.27. The number of hydrogen-bond acceptors (Lipinski definition) is 2.